The number of ether oxygens (including phenoxy) is 1. The maximum absolute atomic E-state index is 12.0. The number of benzene rings is 2. The van der Waals surface area contributed by atoms with Crippen LogP contribution in [-0.2, 0) is 4.79 Å². The summed E-state index contributed by atoms with van der Waals surface area (Å²) in [6.07, 6.45) is 0.620. The molecular weight excluding hydrogens is 306 g/mol. The molecule has 0 saturated heterocycles. The highest BCUT2D eigenvalue weighted by atomic mass is 16.5. The van der Waals surface area contributed by atoms with Crippen molar-refractivity contribution in [1.29, 1.82) is 0 Å². The third kappa shape index (κ3) is 2.14. The topological polar surface area (TPSA) is 82.6 Å². The summed E-state index contributed by atoms with van der Waals surface area (Å²) in [6, 6.07) is 9.07. The summed E-state index contributed by atoms with van der Waals surface area (Å²) in [6.45, 7) is 2.02. The number of phenolic OH excluding ortho intramolecular Hbond substituents is 1. The van der Waals surface area contributed by atoms with E-state index in [1.165, 1.54) is 0 Å². The van der Waals surface area contributed by atoms with E-state index in [1.54, 1.807) is 19.2 Å². The Morgan fingerprint density at radius 3 is 2.54 bits per heavy atom. The maximum Gasteiger partial charge on any atom is 0.231 e. The summed E-state index contributed by atoms with van der Waals surface area (Å²) in [4.78, 5) is 12.0. The first-order valence-electron chi connectivity index (χ1n) is 7.99. The molecule has 4 rings (SSSR count). The minimum absolute atomic E-state index is 0.0629. The molecule has 2 unspecified atom stereocenters. The summed E-state index contributed by atoms with van der Waals surface area (Å²) in [5, 5.41) is 19.4. The van der Waals surface area contributed by atoms with Gasteiger partial charge in [0.25, 0.3) is 0 Å². The van der Waals surface area contributed by atoms with Gasteiger partial charge in [0.15, 0.2) is 0 Å². The predicted molar refractivity (Wildman–Crippen MR) is 92.7 cm³/mol. The van der Waals surface area contributed by atoms with E-state index in [4.69, 9.17) is 4.74 Å². The molecule has 1 amide bonds. The molecule has 0 saturated carbocycles. The second-order valence-corrected chi connectivity index (χ2v) is 6.08. The van der Waals surface area contributed by atoms with E-state index in [0.717, 1.165) is 34.6 Å². The Kier molecular flexibility index (Phi) is 3.26. The molecule has 24 heavy (non-hydrogen) atoms. The molecule has 0 fully saturated rings. The van der Waals surface area contributed by atoms with Crippen LogP contribution in [-0.4, -0.2) is 18.1 Å². The number of aromatic hydroxyl groups is 1. The molecule has 2 heterocycles. The van der Waals surface area contributed by atoms with E-state index >= 15 is 0 Å². The van der Waals surface area contributed by atoms with E-state index in [-0.39, 0.29) is 23.7 Å². The molecule has 2 atom stereocenters. The SMILES string of the molecule is CCC1C(=O)Nc2cc3c(cc21)NC(c1ccc(O)cc1OC)N3. The second kappa shape index (κ2) is 5.33. The third-order valence-electron chi connectivity index (χ3n) is 4.68. The van der Waals surface area contributed by atoms with Crippen LogP contribution in [0.25, 0.3) is 0 Å². The molecule has 2 aromatic rings. The number of rotatable bonds is 3. The molecule has 124 valence electrons. The summed E-state index contributed by atoms with van der Waals surface area (Å²) in [7, 11) is 1.58. The molecule has 4 N–H and O–H groups in total. The molecule has 6 nitrogen and oxygen atoms in total. The van der Waals surface area contributed by atoms with Crippen LogP contribution in [0, 0.1) is 0 Å². The van der Waals surface area contributed by atoms with E-state index in [1.807, 2.05) is 25.1 Å². The lowest BCUT2D eigenvalue weighted by molar-refractivity contribution is -0.117. The first-order valence-corrected chi connectivity index (χ1v) is 7.99. The normalized spacial score (nSPS) is 20.7. The highest BCUT2D eigenvalue weighted by Crippen LogP contribution is 2.45. The Labute approximate surface area is 139 Å². The van der Waals surface area contributed by atoms with Crippen LogP contribution in [0.2, 0.25) is 0 Å². The molecule has 0 radical (unpaired) electrons. The van der Waals surface area contributed by atoms with Crippen LogP contribution >= 0.6 is 0 Å². The Balaban J connectivity index is 1.68. The first-order chi connectivity index (χ1) is 11.6. The molecule has 2 aromatic carbocycles. The van der Waals surface area contributed by atoms with E-state index < -0.39 is 0 Å². The average molecular weight is 325 g/mol. The van der Waals surface area contributed by atoms with E-state index in [0.29, 0.717) is 5.75 Å². The highest BCUT2D eigenvalue weighted by molar-refractivity contribution is 6.04. The van der Waals surface area contributed by atoms with Gasteiger partial charge in [-0.2, -0.15) is 0 Å². The van der Waals surface area contributed by atoms with Gasteiger partial charge >= 0.3 is 0 Å². The fourth-order valence-corrected chi connectivity index (χ4v) is 3.46. The average Bonchev–Trinajstić information content (AvgIpc) is 3.11. The molecule has 0 bridgehead atoms. The predicted octanol–water partition coefficient (Wildman–Crippen LogP) is 3.38. The molecule has 0 spiro atoms. The number of anilines is 3. The van der Waals surface area contributed by atoms with Gasteiger partial charge in [-0.15, -0.1) is 0 Å². The van der Waals surface area contributed by atoms with Gasteiger partial charge in [0.05, 0.1) is 24.4 Å². The van der Waals surface area contributed by atoms with Gasteiger partial charge in [-0.1, -0.05) is 6.92 Å². The quantitative estimate of drug-likeness (QED) is 0.695. The number of carbonyl (C=O) groups is 1. The van der Waals surface area contributed by atoms with Crippen molar-refractivity contribution < 1.29 is 14.6 Å². The summed E-state index contributed by atoms with van der Waals surface area (Å²) in [5.41, 5.74) is 4.71. The number of fused-ring (bicyclic) bond motifs is 2. The van der Waals surface area contributed by atoms with Crippen LogP contribution in [0.1, 0.15) is 36.6 Å². The van der Waals surface area contributed by atoms with Crippen LogP contribution in [0.5, 0.6) is 11.5 Å². The monoisotopic (exact) mass is 325 g/mol. The highest BCUT2D eigenvalue weighted by Gasteiger charge is 2.33. The molecule has 2 aliphatic heterocycles. The number of carbonyl (C=O) groups excluding carboxylic acids is 1. The molecule has 2 aliphatic rings. The summed E-state index contributed by atoms with van der Waals surface area (Å²) >= 11 is 0. The Morgan fingerprint density at radius 2 is 1.83 bits per heavy atom. The fraction of sp³-hybridized carbons (Fsp3) is 0.278. The van der Waals surface area contributed by atoms with E-state index in [9.17, 15) is 9.90 Å². The van der Waals surface area contributed by atoms with Gasteiger partial charge in [-0.05, 0) is 36.2 Å². The van der Waals surface area contributed by atoms with Gasteiger partial charge in [0, 0.05) is 17.3 Å². The number of hydrogen-bond donors (Lipinski definition) is 4. The minimum atomic E-state index is -0.158. The molecular formula is C18H19N3O3. The smallest absolute Gasteiger partial charge is 0.231 e. The van der Waals surface area contributed by atoms with Gasteiger partial charge in [0.2, 0.25) is 5.91 Å². The van der Waals surface area contributed by atoms with Gasteiger partial charge < -0.3 is 25.8 Å². The van der Waals surface area contributed by atoms with Crippen molar-refractivity contribution in [2.45, 2.75) is 25.4 Å². The largest absolute Gasteiger partial charge is 0.508 e. The van der Waals surface area contributed by atoms with E-state index in [2.05, 4.69) is 16.0 Å². The van der Waals surface area contributed by atoms with Crippen LogP contribution in [0.15, 0.2) is 30.3 Å². The lowest BCUT2D eigenvalue weighted by atomic mass is 9.97. The summed E-state index contributed by atoms with van der Waals surface area (Å²) < 4.78 is 5.37. The zero-order valence-electron chi connectivity index (χ0n) is 13.5. The number of nitrogens with one attached hydrogen (secondary N) is 3. The fourth-order valence-electron chi connectivity index (χ4n) is 3.46. The van der Waals surface area contributed by atoms with Gasteiger partial charge in [0.1, 0.15) is 17.7 Å². The Hall–Kier alpha value is -2.89. The number of amides is 1. The van der Waals surface area contributed by atoms with Crippen molar-refractivity contribution in [2.75, 3.05) is 23.1 Å². The second-order valence-electron chi connectivity index (χ2n) is 6.08. The van der Waals surface area contributed by atoms with Crippen molar-refractivity contribution in [3.05, 3.63) is 41.5 Å². The number of phenols is 1. The molecule has 0 aliphatic carbocycles. The van der Waals surface area contributed by atoms with Crippen LogP contribution in [0.4, 0.5) is 17.1 Å². The molecule has 6 heteroatoms. The Bertz CT molecular complexity index is 834. The summed E-state index contributed by atoms with van der Waals surface area (Å²) in [5.74, 6) is 0.751. The molecule has 0 aromatic heterocycles. The number of methoxy groups -OCH3 is 1. The van der Waals surface area contributed by atoms with Crippen LogP contribution < -0.4 is 20.7 Å². The van der Waals surface area contributed by atoms with Crippen molar-refractivity contribution in [2.24, 2.45) is 0 Å². The van der Waals surface area contributed by atoms with Crippen molar-refractivity contribution in [3.63, 3.8) is 0 Å². The van der Waals surface area contributed by atoms with Gasteiger partial charge in [-0.25, -0.2) is 0 Å². The first kappa shape index (κ1) is 14.7. The maximum atomic E-state index is 12.0. The van der Waals surface area contributed by atoms with Gasteiger partial charge in [-0.3, -0.25) is 4.79 Å². The zero-order chi connectivity index (χ0) is 16.8. The lowest BCUT2D eigenvalue weighted by Crippen LogP contribution is -2.13. The number of hydrogen-bond acceptors (Lipinski definition) is 5. The van der Waals surface area contributed by atoms with Crippen molar-refractivity contribution in [1.82, 2.24) is 0 Å². The zero-order valence-corrected chi connectivity index (χ0v) is 13.5. The van der Waals surface area contributed by atoms with Crippen molar-refractivity contribution in [3.8, 4) is 11.5 Å². The van der Waals surface area contributed by atoms with Crippen LogP contribution in [0.3, 0.4) is 0 Å². The lowest BCUT2D eigenvalue weighted by Gasteiger charge is -2.16. The third-order valence-corrected chi connectivity index (χ3v) is 4.68. The minimum Gasteiger partial charge on any atom is -0.508 e. The van der Waals surface area contributed by atoms with Crippen molar-refractivity contribution >= 4 is 23.0 Å². The standard InChI is InChI=1S/C18H19N3O3/c1-3-10-12-7-14-15(8-13(12)21-18(10)23)20-17(19-14)11-5-4-9(22)6-16(11)24-2/h4-8,10,17,19-20,22H,3H2,1-2H3,(H,21,23). The Morgan fingerprint density at radius 1 is 1.08 bits per heavy atom.